The van der Waals surface area contributed by atoms with Crippen molar-refractivity contribution in [1.29, 1.82) is 0 Å². The second-order valence-corrected chi connectivity index (χ2v) is 5.55. The minimum atomic E-state index is -0.252. The van der Waals surface area contributed by atoms with Crippen molar-refractivity contribution in [3.63, 3.8) is 0 Å². The highest BCUT2D eigenvalue weighted by atomic mass is 79.9. The van der Waals surface area contributed by atoms with Gasteiger partial charge in [-0.2, -0.15) is 0 Å². The fourth-order valence-electron chi connectivity index (χ4n) is 1.49. The molecule has 0 unspecified atom stereocenters. The Bertz CT molecular complexity index is 623. The maximum absolute atomic E-state index is 12.0. The number of carbonyl (C=O) groups excluding carboxylic acids is 1. The van der Waals surface area contributed by atoms with Crippen molar-refractivity contribution >= 4 is 56.4 Å². The van der Waals surface area contributed by atoms with E-state index in [1.54, 1.807) is 30.3 Å². The first-order chi connectivity index (χ1) is 8.97. The number of hydrogen-bond acceptors (Lipinski definition) is 2. The van der Waals surface area contributed by atoms with Crippen molar-refractivity contribution in [2.45, 2.75) is 0 Å². The van der Waals surface area contributed by atoms with Crippen LogP contribution in [0.1, 0.15) is 10.4 Å². The molecular formula is C13H9BrCl2N2O. The lowest BCUT2D eigenvalue weighted by atomic mass is 10.2. The van der Waals surface area contributed by atoms with E-state index in [0.29, 0.717) is 27.0 Å². The number of halogens is 3. The summed E-state index contributed by atoms with van der Waals surface area (Å²) in [6.07, 6.45) is 0. The topological polar surface area (TPSA) is 55.1 Å². The first-order valence-corrected chi connectivity index (χ1v) is 6.83. The molecule has 0 fully saturated rings. The van der Waals surface area contributed by atoms with Crippen LogP contribution in [0.25, 0.3) is 0 Å². The third-order valence-corrected chi connectivity index (χ3v) is 3.54. The molecule has 3 nitrogen and oxygen atoms in total. The van der Waals surface area contributed by atoms with E-state index in [1.165, 1.54) is 0 Å². The summed E-state index contributed by atoms with van der Waals surface area (Å²) in [7, 11) is 0. The molecule has 0 saturated heterocycles. The van der Waals surface area contributed by atoms with Gasteiger partial charge in [-0.1, -0.05) is 45.2 Å². The smallest absolute Gasteiger partial charge is 0.255 e. The van der Waals surface area contributed by atoms with Gasteiger partial charge in [-0.3, -0.25) is 4.79 Å². The Morgan fingerprint density at radius 1 is 1.16 bits per heavy atom. The minimum absolute atomic E-state index is 0.252. The Kier molecular flexibility index (Phi) is 4.34. The summed E-state index contributed by atoms with van der Waals surface area (Å²) in [5.74, 6) is -0.252. The Morgan fingerprint density at radius 3 is 2.37 bits per heavy atom. The van der Waals surface area contributed by atoms with E-state index < -0.39 is 0 Å². The molecule has 0 heterocycles. The molecule has 0 aliphatic rings. The van der Waals surface area contributed by atoms with E-state index in [4.69, 9.17) is 28.9 Å². The van der Waals surface area contributed by atoms with Crippen molar-refractivity contribution in [3.8, 4) is 0 Å². The van der Waals surface area contributed by atoms with Crippen molar-refractivity contribution in [1.82, 2.24) is 0 Å². The molecule has 0 aliphatic carbocycles. The molecule has 2 rings (SSSR count). The van der Waals surface area contributed by atoms with E-state index in [1.807, 2.05) is 6.07 Å². The van der Waals surface area contributed by atoms with Crippen LogP contribution < -0.4 is 11.1 Å². The van der Waals surface area contributed by atoms with Gasteiger partial charge in [0.15, 0.2) is 0 Å². The van der Waals surface area contributed by atoms with Gasteiger partial charge in [-0.05, 0) is 30.3 Å². The van der Waals surface area contributed by atoms with Crippen molar-refractivity contribution < 1.29 is 4.79 Å². The zero-order chi connectivity index (χ0) is 14.0. The number of anilines is 2. The van der Waals surface area contributed by atoms with Gasteiger partial charge in [0.25, 0.3) is 5.91 Å². The quantitative estimate of drug-likeness (QED) is 0.770. The van der Waals surface area contributed by atoms with Crippen LogP contribution >= 0.6 is 39.1 Å². The molecule has 19 heavy (non-hydrogen) atoms. The average molecular weight is 360 g/mol. The molecule has 0 aliphatic heterocycles. The molecule has 2 aromatic carbocycles. The van der Waals surface area contributed by atoms with Gasteiger partial charge in [0.05, 0.1) is 15.7 Å². The van der Waals surface area contributed by atoms with E-state index in [9.17, 15) is 4.79 Å². The van der Waals surface area contributed by atoms with E-state index >= 15 is 0 Å². The number of nitrogens with two attached hydrogens (primary N) is 1. The third kappa shape index (κ3) is 3.41. The van der Waals surface area contributed by atoms with Crippen molar-refractivity contribution in [2.24, 2.45) is 0 Å². The summed E-state index contributed by atoms with van der Waals surface area (Å²) in [4.78, 5) is 12.0. The summed E-state index contributed by atoms with van der Waals surface area (Å²) in [6.45, 7) is 0. The number of benzene rings is 2. The zero-order valence-electron chi connectivity index (χ0n) is 9.58. The summed E-state index contributed by atoms with van der Waals surface area (Å²) in [5.41, 5.74) is 6.95. The summed E-state index contributed by atoms with van der Waals surface area (Å²) in [6, 6.07) is 10.2. The number of amides is 1. The molecule has 0 aromatic heterocycles. The molecular weight excluding hydrogens is 351 g/mol. The number of carbonyl (C=O) groups is 1. The highest BCUT2D eigenvalue weighted by Crippen LogP contribution is 2.31. The number of nitrogens with one attached hydrogen (secondary N) is 1. The van der Waals surface area contributed by atoms with Gasteiger partial charge in [0, 0.05) is 15.7 Å². The zero-order valence-corrected chi connectivity index (χ0v) is 12.7. The Hall–Kier alpha value is -1.23. The van der Waals surface area contributed by atoms with Crippen LogP contribution in [0.3, 0.4) is 0 Å². The predicted octanol–water partition coefficient (Wildman–Crippen LogP) is 4.59. The van der Waals surface area contributed by atoms with E-state index in [0.717, 1.165) is 4.47 Å². The van der Waals surface area contributed by atoms with Crippen LogP contribution in [-0.2, 0) is 0 Å². The molecule has 0 spiro atoms. The van der Waals surface area contributed by atoms with Gasteiger partial charge in [0.2, 0.25) is 0 Å². The second-order valence-electron chi connectivity index (χ2n) is 3.82. The average Bonchev–Trinajstić information content (AvgIpc) is 2.36. The van der Waals surface area contributed by atoms with Gasteiger partial charge in [0.1, 0.15) is 0 Å². The summed E-state index contributed by atoms with van der Waals surface area (Å²) in [5, 5.41) is 3.32. The normalized spacial score (nSPS) is 10.3. The van der Waals surface area contributed by atoms with Crippen LogP contribution in [0.2, 0.25) is 10.0 Å². The SMILES string of the molecule is Nc1c(Cl)cc(NC(=O)c2cccc(Br)c2)cc1Cl. The second kappa shape index (κ2) is 5.82. The highest BCUT2D eigenvalue weighted by molar-refractivity contribution is 9.10. The monoisotopic (exact) mass is 358 g/mol. The van der Waals surface area contributed by atoms with Gasteiger partial charge in [-0.15, -0.1) is 0 Å². The van der Waals surface area contributed by atoms with Crippen LogP contribution in [0.5, 0.6) is 0 Å². The highest BCUT2D eigenvalue weighted by Gasteiger charge is 2.09. The number of hydrogen-bond donors (Lipinski definition) is 2. The van der Waals surface area contributed by atoms with Crippen LogP contribution in [0.15, 0.2) is 40.9 Å². The Labute approximate surface area is 128 Å². The number of nitrogen functional groups attached to an aromatic ring is 1. The number of rotatable bonds is 2. The third-order valence-electron chi connectivity index (χ3n) is 2.42. The molecule has 6 heteroatoms. The van der Waals surface area contributed by atoms with Gasteiger partial charge in [-0.25, -0.2) is 0 Å². The molecule has 0 radical (unpaired) electrons. The molecule has 2 aromatic rings. The predicted molar refractivity (Wildman–Crippen MR) is 83.0 cm³/mol. The molecule has 0 bridgehead atoms. The van der Waals surface area contributed by atoms with Crippen molar-refractivity contribution in [2.75, 3.05) is 11.1 Å². The molecule has 1 amide bonds. The minimum Gasteiger partial charge on any atom is -0.396 e. The lowest BCUT2D eigenvalue weighted by Crippen LogP contribution is -2.12. The van der Waals surface area contributed by atoms with Gasteiger partial charge >= 0.3 is 0 Å². The lowest BCUT2D eigenvalue weighted by Gasteiger charge is -2.08. The van der Waals surface area contributed by atoms with Gasteiger partial charge < -0.3 is 11.1 Å². The first kappa shape index (κ1) is 14.2. The maximum atomic E-state index is 12.0. The largest absolute Gasteiger partial charge is 0.396 e. The lowest BCUT2D eigenvalue weighted by molar-refractivity contribution is 0.102. The molecule has 3 N–H and O–H groups in total. The van der Waals surface area contributed by atoms with E-state index in [2.05, 4.69) is 21.2 Å². The van der Waals surface area contributed by atoms with Crippen molar-refractivity contribution in [3.05, 3.63) is 56.5 Å². The Morgan fingerprint density at radius 2 is 1.79 bits per heavy atom. The fourth-order valence-corrected chi connectivity index (χ4v) is 2.38. The van der Waals surface area contributed by atoms with Crippen LogP contribution in [-0.4, -0.2) is 5.91 Å². The van der Waals surface area contributed by atoms with Crippen LogP contribution in [0.4, 0.5) is 11.4 Å². The standard InChI is InChI=1S/C13H9BrCl2N2O/c14-8-3-1-2-7(4-8)13(19)18-9-5-10(15)12(17)11(16)6-9/h1-6H,17H2,(H,18,19). The molecule has 98 valence electrons. The molecule has 0 saturated carbocycles. The van der Waals surface area contributed by atoms with E-state index in [-0.39, 0.29) is 5.91 Å². The van der Waals surface area contributed by atoms with Crippen LogP contribution in [0, 0.1) is 0 Å². The fraction of sp³-hybridized carbons (Fsp3) is 0. The summed E-state index contributed by atoms with van der Waals surface area (Å²) < 4.78 is 0.827. The maximum Gasteiger partial charge on any atom is 0.255 e. The Balaban J connectivity index is 2.24. The first-order valence-electron chi connectivity index (χ1n) is 5.29. The molecule has 0 atom stereocenters. The summed E-state index contributed by atoms with van der Waals surface area (Å²) >= 11 is 15.1.